The number of benzene rings is 5. The molecule has 0 amide bonds. The van der Waals surface area contributed by atoms with Crippen LogP contribution >= 0.6 is 11.8 Å². The van der Waals surface area contributed by atoms with Crippen molar-refractivity contribution >= 4 is 49.2 Å². The highest BCUT2D eigenvalue weighted by Crippen LogP contribution is 2.38. The van der Waals surface area contributed by atoms with Gasteiger partial charge in [-0.1, -0.05) is 66.2 Å². The quantitative estimate of drug-likeness (QED) is 0.256. The van der Waals surface area contributed by atoms with Crippen LogP contribution < -0.4 is 0 Å². The van der Waals surface area contributed by atoms with Gasteiger partial charge in [-0.05, 0) is 69.2 Å². The second kappa shape index (κ2) is 5.86. The summed E-state index contributed by atoms with van der Waals surface area (Å²) in [7, 11) is 0. The lowest BCUT2D eigenvalue weighted by Gasteiger charge is -2.13. The molecule has 0 fully saturated rings. The first-order valence-electron chi connectivity index (χ1n) is 8.66. The van der Waals surface area contributed by atoms with Crippen LogP contribution in [0.2, 0.25) is 0 Å². The Morgan fingerprint density at radius 2 is 1.38 bits per heavy atom. The molecule has 0 radical (unpaired) electrons. The van der Waals surface area contributed by atoms with E-state index in [2.05, 4.69) is 49.4 Å². The maximum atomic E-state index is 13.1. The van der Waals surface area contributed by atoms with E-state index in [-0.39, 0.29) is 5.12 Å². The summed E-state index contributed by atoms with van der Waals surface area (Å²) in [6, 6.07) is 27.0. The molecule has 0 atom stereocenters. The summed E-state index contributed by atoms with van der Waals surface area (Å²) in [6.07, 6.45) is 0. The highest BCUT2D eigenvalue weighted by atomic mass is 32.2. The summed E-state index contributed by atoms with van der Waals surface area (Å²) in [6.45, 7) is 2.05. The van der Waals surface area contributed by atoms with Gasteiger partial charge in [0, 0.05) is 10.5 Å². The summed E-state index contributed by atoms with van der Waals surface area (Å²) in [4.78, 5) is 14.1. The fraction of sp³-hybridized carbons (Fsp3) is 0.0417. The van der Waals surface area contributed by atoms with E-state index in [1.54, 1.807) is 0 Å². The number of aryl methyl sites for hydroxylation is 1. The maximum absolute atomic E-state index is 13.1. The van der Waals surface area contributed by atoms with Crippen molar-refractivity contribution in [2.24, 2.45) is 0 Å². The van der Waals surface area contributed by atoms with E-state index in [0.717, 1.165) is 21.2 Å². The van der Waals surface area contributed by atoms with Crippen LogP contribution in [0.5, 0.6) is 0 Å². The Morgan fingerprint density at radius 3 is 2.15 bits per heavy atom. The smallest absolute Gasteiger partial charge is 0.224 e. The van der Waals surface area contributed by atoms with Crippen LogP contribution in [0.4, 0.5) is 0 Å². The Labute approximate surface area is 156 Å². The van der Waals surface area contributed by atoms with Crippen molar-refractivity contribution in [3.05, 3.63) is 90.0 Å². The zero-order chi connectivity index (χ0) is 17.7. The molecule has 0 aromatic heterocycles. The van der Waals surface area contributed by atoms with E-state index >= 15 is 0 Å². The molecule has 0 saturated carbocycles. The lowest BCUT2D eigenvalue weighted by atomic mass is 9.92. The van der Waals surface area contributed by atoms with Gasteiger partial charge < -0.3 is 0 Å². The molecule has 124 valence electrons. The number of thioether (sulfide) groups is 1. The third kappa shape index (κ3) is 2.38. The zero-order valence-electron chi connectivity index (χ0n) is 14.3. The van der Waals surface area contributed by atoms with Crippen molar-refractivity contribution in [2.45, 2.75) is 11.8 Å². The van der Waals surface area contributed by atoms with Crippen molar-refractivity contribution in [3.63, 3.8) is 0 Å². The Hall–Kier alpha value is -2.84. The molecule has 0 aliphatic heterocycles. The molecule has 0 aliphatic rings. The average molecular weight is 352 g/mol. The van der Waals surface area contributed by atoms with Gasteiger partial charge >= 0.3 is 0 Å². The van der Waals surface area contributed by atoms with E-state index in [1.807, 2.05) is 36.4 Å². The second-order valence-corrected chi connectivity index (χ2v) is 7.72. The Morgan fingerprint density at radius 1 is 0.731 bits per heavy atom. The molecule has 5 aromatic rings. The minimum absolute atomic E-state index is 0.0906. The molecule has 5 aromatic carbocycles. The van der Waals surface area contributed by atoms with Crippen molar-refractivity contribution in [2.75, 3.05) is 0 Å². The zero-order valence-corrected chi connectivity index (χ0v) is 15.1. The van der Waals surface area contributed by atoms with Crippen molar-refractivity contribution in [3.8, 4) is 0 Å². The topological polar surface area (TPSA) is 17.1 Å². The molecule has 2 heteroatoms. The lowest BCUT2D eigenvalue weighted by Crippen LogP contribution is -1.97. The Bertz CT molecular complexity index is 1270. The predicted molar refractivity (Wildman–Crippen MR) is 112 cm³/mol. The lowest BCUT2D eigenvalue weighted by molar-refractivity contribution is 0.109. The number of carbonyl (C=O) groups is 1. The normalized spacial score (nSPS) is 11.6. The highest BCUT2D eigenvalue weighted by Gasteiger charge is 2.17. The summed E-state index contributed by atoms with van der Waals surface area (Å²) in [5, 5.41) is 7.09. The average Bonchev–Trinajstić information content (AvgIpc) is 2.67. The van der Waals surface area contributed by atoms with Crippen LogP contribution in [0.15, 0.2) is 83.8 Å². The van der Waals surface area contributed by atoms with Gasteiger partial charge in [-0.3, -0.25) is 4.79 Å². The molecule has 1 nitrogen and oxygen atoms in total. The molecule has 0 aliphatic carbocycles. The van der Waals surface area contributed by atoms with Crippen LogP contribution in [0.1, 0.15) is 15.9 Å². The third-order valence-electron chi connectivity index (χ3n) is 4.96. The first-order valence-corrected chi connectivity index (χ1v) is 9.48. The molecule has 0 bridgehead atoms. The van der Waals surface area contributed by atoms with Gasteiger partial charge in [-0.15, -0.1) is 0 Å². The molecule has 5 rings (SSSR count). The molecule has 0 spiro atoms. The van der Waals surface area contributed by atoms with Crippen molar-refractivity contribution in [1.29, 1.82) is 0 Å². The predicted octanol–water partition coefficient (Wildman–Crippen LogP) is 6.82. The third-order valence-corrected chi connectivity index (χ3v) is 5.87. The van der Waals surface area contributed by atoms with Crippen molar-refractivity contribution < 1.29 is 4.79 Å². The largest absolute Gasteiger partial charge is 0.281 e. The molecule has 26 heavy (non-hydrogen) atoms. The summed E-state index contributed by atoms with van der Waals surface area (Å²) in [5.74, 6) is 0. The molecule has 0 N–H and O–H groups in total. The van der Waals surface area contributed by atoms with Gasteiger partial charge in [0.15, 0.2) is 0 Å². The second-order valence-electron chi connectivity index (χ2n) is 6.68. The van der Waals surface area contributed by atoms with Gasteiger partial charge in [0.2, 0.25) is 5.12 Å². The molecular weight excluding hydrogens is 336 g/mol. The van der Waals surface area contributed by atoms with E-state index < -0.39 is 0 Å². The highest BCUT2D eigenvalue weighted by molar-refractivity contribution is 8.14. The number of hydrogen-bond donors (Lipinski definition) is 0. The maximum Gasteiger partial charge on any atom is 0.224 e. The SMILES string of the molecule is Cc1ccc(SC(=O)c2cc3cccc4ccc5cccc2c5c43)cc1. The first kappa shape index (κ1) is 15.4. The fourth-order valence-electron chi connectivity index (χ4n) is 3.70. The van der Waals surface area contributed by atoms with E-state index in [4.69, 9.17) is 0 Å². The molecular formula is C24H16OS. The molecule has 0 unspecified atom stereocenters. The molecule has 0 saturated heterocycles. The van der Waals surface area contributed by atoms with Gasteiger partial charge in [-0.2, -0.15) is 0 Å². The van der Waals surface area contributed by atoms with Crippen LogP contribution in [0, 0.1) is 6.92 Å². The first-order chi connectivity index (χ1) is 12.7. The summed E-state index contributed by atoms with van der Waals surface area (Å²) < 4.78 is 0. The van der Waals surface area contributed by atoms with E-state index in [1.165, 1.54) is 38.9 Å². The van der Waals surface area contributed by atoms with Crippen LogP contribution in [0.25, 0.3) is 32.3 Å². The Balaban J connectivity index is 1.74. The fourth-order valence-corrected chi connectivity index (χ4v) is 4.46. The number of rotatable bonds is 2. The summed E-state index contributed by atoms with van der Waals surface area (Å²) >= 11 is 1.30. The minimum atomic E-state index is 0.0906. The standard InChI is InChI=1S/C24H16OS/c1-15-8-12-19(13-9-15)26-24(25)21-14-18-6-2-4-16-10-11-17-5-3-7-20(21)23(17)22(16)18/h2-14H,1H3. The van der Waals surface area contributed by atoms with Crippen LogP contribution in [-0.4, -0.2) is 5.12 Å². The van der Waals surface area contributed by atoms with E-state index in [9.17, 15) is 4.79 Å². The van der Waals surface area contributed by atoms with Gasteiger partial charge in [-0.25, -0.2) is 0 Å². The van der Waals surface area contributed by atoms with Gasteiger partial charge in [0.25, 0.3) is 0 Å². The Kier molecular flexibility index (Phi) is 3.47. The number of carbonyl (C=O) groups excluding carboxylic acids is 1. The van der Waals surface area contributed by atoms with Crippen LogP contribution in [0.3, 0.4) is 0 Å². The minimum Gasteiger partial charge on any atom is -0.281 e. The van der Waals surface area contributed by atoms with E-state index in [0.29, 0.717) is 0 Å². The monoisotopic (exact) mass is 352 g/mol. The number of hydrogen-bond acceptors (Lipinski definition) is 2. The molecule has 0 heterocycles. The van der Waals surface area contributed by atoms with Crippen molar-refractivity contribution in [1.82, 2.24) is 0 Å². The van der Waals surface area contributed by atoms with Crippen LogP contribution in [-0.2, 0) is 0 Å². The summed E-state index contributed by atoms with van der Waals surface area (Å²) in [5.41, 5.74) is 1.98. The van der Waals surface area contributed by atoms with Gasteiger partial charge in [0.1, 0.15) is 0 Å². The van der Waals surface area contributed by atoms with Gasteiger partial charge in [0.05, 0.1) is 0 Å².